The number of hydrogen-bond donors (Lipinski definition) is 3. The largest absolute Gasteiger partial charge is 0.492 e. The first-order valence-electron chi connectivity index (χ1n) is 14.9. The van der Waals surface area contributed by atoms with Crippen LogP contribution in [0.5, 0.6) is 17.2 Å². The topological polar surface area (TPSA) is 127 Å². The SMILES string of the molecule is CCOC(=O)C1=C/C(=C2\CCC(=O)[C@@H](c3ccc4[nH]ccc4c3)C2)c2c(cc3c(c2OCCCO)C[C@@H](C(C)(C)O)O3)O1. The molecular weight excluding hydrogens is 550 g/mol. The van der Waals surface area contributed by atoms with Crippen molar-refractivity contribution >= 4 is 28.2 Å². The van der Waals surface area contributed by atoms with Crippen molar-refractivity contribution < 1.29 is 38.7 Å². The van der Waals surface area contributed by atoms with Crippen molar-refractivity contribution in [1.29, 1.82) is 0 Å². The maximum Gasteiger partial charge on any atom is 0.374 e. The van der Waals surface area contributed by atoms with E-state index in [1.165, 1.54) is 0 Å². The third kappa shape index (κ3) is 5.55. The van der Waals surface area contributed by atoms with E-state index in [2.05, 4.69) is 11.1 Å². The Morgan fingerprint density at radius 3 is 2.74 bits per heavy atom. The Kier molecular flexibility index (Phi) is 7.79. The lowest BCUT2D eigenvalue weighted by molar-refractivity contribution is -0.141. The second-order valence-corrected chi connectivity index (χ2v) is 11.8. The minimum absolute atomic E-state index is 0.0351. The molecule has 1 aliphatic carbocycles. The van der Waals surface area contributed by atoms with Crippen molar-refractivity contribution in [2.45, 2.75) is 70.5 Å². The van der Waals surface area contributed by atoms with Crippen molar-refractivity contribution in [3.05, 3.63) is 70.6 Å². The molecule has 9 heteroatoms. The average molecular weight is 588 g/mol. The summed E-state index contributed by atoms with van der Waals surface area (Å²) in [4.78, 5) is 29.5. The van der Waals surface area contributed by atoms with Crippen LogP contribution >= 0.6 is 0 Å². The molecule has 0 saturated heterocycles. The zero-order chi connectivity index (χ0) is 30.3. The molecule has 0 radical (unpaired) electrons. The smallest absolute Gasteiger partial charge is 0.374 e. The molecule has 6 rings (SSSR count). The van der Waals surface area contributed by atoms with Gasteiger partial charge in [0.25, 0.3) is 0 Å². The van der Waals surface area contributed by atoms with Crippen LogP contribution in [0, 0.1) is 0 Å². The fraction of sp³-hybridized carbons (Fsp3) is 0.412. The Morgan fingerprint density at radius 2 is 1.98 bits per heavy atom. The summed E-state index contributed by atoms with van der Waals surface area (Å²) >= 11 is 0. The van der Waals surface area contributed by atoms with Crippen LogP contribution in [0.4, 0.5) is 0 Å². The number of fused-ring (bicyclic) bond motifs is 3. The van der Waals surface area contributed by atoms with E-state index in [0.717, 1.165) is 33.2 Å². The molecule has 3 N–H and O–H groups in total. The highest BCUT2D eigenvalue weighted by Crippen LogP contribution is 2.52. The Balaban J connectivity index is 1.50. The quantitative estimate of drug-likeness (QED) is 0.245. The van der Waals surface area contributed by atoms with E-state index in [1.807, 2.05) is 24.4 Å². The maximum atomic E-state index is 13.3. The predicted molar refractivity (Wildman–Crippen MR) is 160 cm³/mol. The summed E-state index contributed by atoms with van der Waals surface area (Å²) in [5.41, 5.74) is 4.08. The van der Waals surface area contributed by atoms with E-state index in [1.54, 1.807) is 32.9 Å². The summed E-state index contributed by atoms with van der Waals surface area (Å²) in [6.45, 7) is 5.53. The molecule has 2 aliphatic heterocycles. The first-order chi connectivity index (χ1) is 20.7. The third-order valence-corrected chi connectivity index (χ3v) is 8.42. The van der Waals surface area contributed by atoms with Crippen LogP contribution in [-0.2, 0) is 20.7 Å². The molecule has 0 bridgehead atoms. The van der Waals surface area contributed by atoms with Crippen LogP contribution in [0.15, 0.2) is 53.9 Å². The van der Waals surface area contributed by atoms with E-state index in [-0.39, 0.29) is 37.3 Å². The molecule has 3 aromatic rings. The molecule has 0 unspecified atom stereocenters. The predicted octanol–water partition coefficient (Wildman–Crippen LogP) is 5.13. The number of benzene rings is 2. The molecule has 1 saturated carbocycles. The van der Waals surface area contributed by atoms with Crippen LogP contribution in [0.3, 0.4) is 0 Å². The number of aliphatic hydroxyl groups excluding tert-OH is 1. The number of aromatic amines is 1. The number of hydrogen-bond acceptors (Lipinski definition) is 8. The van der Waals surface area contributed by atoms with Gasteiger partial charge in [0.05, 0.1) is 24.4 Å². The number of aromatic nitrogens is 1. The van der Waals surface area contributed by atoms with Crippen molar-refractivity contribution in [1.82, 2.24) is 4.98 Å². The summed E-state index contributed by atoms with van der Waals surface area (Å²) in [5, 5.41) is 21.3. The number of carbonyl (C=O) groups is 2. The number of nitrogens with one attached hydrogen (secondary N) is 1. The first-order valence-corrected chi connectivity index (χ1v) is 14.9. The highest BCUT2D eigenvalue weighted by atomic mass is 16.6. The Morgan fingerprint density at radius 1 is 1.14 bits per heavy atom. The normalized spacial score (nSPS) is 21.5. The van der Waals surface area contributed by atoms with E-state index in [4.69, 9.17) is 18.9 Å². The molecule has 9 nitrogen and oxygen atoms in total. The van der Waals surface area contributed by atoms with Gasteiger partial charge in [-0.25, -0.2) is 4.79 Å². The van der Waals surface area contributed by atoms with Gasteiger partial charge in [-0.1, -0.05) is 11.6 Å². The fourth-order valence-corrected chi connectivity index (χ4v) is 6.14. The van der Waals surface area contributed by atoms with Gasteiger partial charge in [-0.3, -0.25) is 4.79 Å². The lowest BCUT2D eigenvalue weighted by atomic mass is 9.77. The van der Waals surface area contributed by atoms with Crippen molar-refractivity contribution in [3.63, 3.8) is 0 Å². The lowest BCUT2D eigenvalue weighted by Gasteiger charge is -2.29. The molecule has 1 aromatic heterocycles. The first kappa shape index (κ1) is 29.0. The number of Topliss-reactive ketones (excluding diaryl/α,β-unsaturated/α-hetero) is 1. The Labute approximate surface area is 250 Å². The van der Waals surface area contributed by atoms with Gasteiger partial charge in [0.2, 0.25) is 5.76 Å². The number of aliphatic hydroxyl groups is 2. The number of esters is 1. The van der Waals surface area contributed by atoms with Gasteiger partial charge in [0.1, 0.15) is 29.1 Å². The standard InChI is InChI=1S/C34H37NO8/c1-4-40-33(38)29-16-23(20-7-9-26(37)22(15-20)19-6-8-25-21(14-19)10-11-35-25)31-28(42-29)18-27-24(32(31)41-13-5-12-36)17-30(43-27)34(2,3)39/h6,8,10-11,14,16,18,22,30,35-36,39H,4-5,7,9,12-13,15,17H2,1-3H3/b23-20-/t22-,30+/m1/s1. The molecule has 3 aliphatic rings. The van der Waals surface area contributed by atoms with Gasteiger partial charge in [-0.05, 0) is 74.4 Å². The highest BCUT2D eigenvalue weighted by Gasteiger charge is 2.41. The van der Waals surface area contributed by atoms with Crippen molar-refractivity contribution in [2.24, 2.45) is 0 Å². The second-order valence-electron chi connectivity index (χ2n) is 11.8. The van der Waals surface area contributed by atoms with E-state index in [0.29, 0.717) is 54.9 Å². The number of carbonyl (C=O) groups excluding carboxylic acids is 2. The van der Waals surface area contributed by atoms with Gasteiger partial charge in [0, 0.05) is 55.1 Å². The summed E-state index contributed by atoms with van der Waals surface area (Å²) in [6.07, 6.45) is 5.27. The van der Waals surface area contributed by atoms with Crippen LogP contribution in [-0.4, -0.2) is 58.5 Å². The summed E-state index contributed by atoms with van der Waals surface area (Å²) in [6, 6.07) is 9.79. The minimum atomic E-state index is -1.12. The monoisotopic (exact) mass is 587 g/mol. The average Bonchev–Trinajstić information content (AvgIpc) is 3.63. The lowest BCUT2D eigenvalue weighted by Crippen LogP contribution is -2.39. The molecule has 0 amide bonds. The fourth-order valence-electron chi connectivity index (χ4n) is 6.14. The van der Waals surface area contributed by atoms with Crippen molar-refractivity contribution in [2.75, 3.05) is 19.8 Å². The van der Waals surface area contributed by atoms with Gasteiger partial charge in [-0.2, -0.15) is 0 Å². The Bertz CT molecular complexity index is 1640. The summed E-state index contributed by atoms with van der Waals surface area (Å²) in [5.74, 6) is 0.716. The van der Waals surface area contributed by atoms with E-state index >= 15 is 0 Å². The van der Waals surface area contributed by atoms with Crippen LogP contribution in [0.2, 0.25) is 0 Å². The maximum absolute atomic E-state index is 13.3. The molecular formula is C34H37NO8. The number of rotatable bonds is 8. The van der Waals surface area contributed by atoms with Crippen LogP contribution in [0.25, 0.3) is 16.5 Å². The van der Waals surface area contributed by atoms with E-state index in [9.17, 15) is 19.8 Å². The molecule has 2 atom stereocenters. The third-order valence-electron chi connectivity index (χ3n) is 8.42. The molecule has 226 valence electrons. The molecule has 43 heavy (non-hydrogen) atoms. The highest BCUT2D eigenvalue weighted by molar-refractivity contribution is 5.98. The number of ether oxygens (including phenoxy) is 4. The minimum Gasteiger partial charge on any atom is -0.492 e. The van der Waals surface area contributed by atoms with Crippen LogP contribution < -0.4 is 14.2 Å². The number of allylic oxidation sites excluding steroid dienone is 3. The van der Waals surface area contributed by atoms with E-state index < -0.39 is 17.7 Å². The number of ketones is 1. The Hall–Kier alpha value is -4.08. The molecule has 0 spiro atoms. The summed E-state index contributed by atoms with van der Waals surface area (Å²) in [7, 11) is 0. The zero-order valence-electron chi connectivity index (χ0n) is 24.7. The van der Waals surface area contributed by atoms with Gasteiger partial charge in [0.15, 0.2) is 0 Å². The second kappa shape index (κ2) is 11.5. The molecule has 3 heterocycles. The molecule has 1 fully saturated rings. The van der Waals surface area contributed by atoms with Gasteiger partial charge < -0.3 is 34.1 Å². The van der Waals surface area contributed by atoms with Gasteiger partial charge >= 0.3 is 5.97 Å². The number of H-pyrrole nitrogens is 1. The molecule has 2 aromatic carbocycles. The van der Waals surface area contributed by atoms with Crippen molar-refractivity contribution in [3.8, 4) is 17.2 Å². The van der Waals surface area contributed by atoms with Gasteiger partial charge in [-0.15, -0.1) is 0 Å². The zero-order valence-corrected chi connectivity index (χ0v) is 24.7. The van der Waals surface area contributed by atoms with Crippen LogP contribution in [0.1, 0.15) is 69.1 Å². The summed E-state index contributed by atoms with van der Waals surface area (Å²) < 4.78 is 23.9.